The smallest absolute Gasteiger partial charge is 0.323 e. The van der Waals surface area contributed by atoms with Gasteiger partial charge in [-0.25, -0.2) is 0 Å². The summed E-state index contributed by atoms with van der Waals surface area (Å²) in [6.07, 6.45) is 4.18. The van der Waals surface area contributed by atoms with E-state index in [9.17, 15) is 9.90 Å². The SMILES string of the molecule is CC1(C(=O)O)CCCCN1Cc1cc(-c2ccco2)on1. The summed E-state index contributed by atoms with van der Waals surface area (Å²) in [5, 5.41) is 13.5. The number of aliphatic carboxylic acids is 1. The molecule has 0 bridgehead atoms. The summed E-state index contributed by atoms with van der Waals surface area (Å²) in [7, 11) is 0. The highest BCUT2D eigenvalue weighted by atomic mass is 16.5. The van der Waals surface area contributed by atoms with Crippen LogP contribution in [0.25, 0.3) is 11.5 Å². The summed E-state index contributed by atoms with van der Waals surface area (Å²) in [6, 6.07) is 5.38. The fourth-order valence-electron chi connectivity index (χ4n) is 2.79. The molecule has 1 unspecified atom stereocenters. The molecule has 1 aliphatic heterocycles. The summed E-state index contributed by atoms with van der Waals surface area (Å²) >= 11 is 0. The molecule has 1 N–H and O–H groups in total. The van der Waals surface area contributed by atoms with Crippen LogP contribution in [0.4, 0.5) is 0 Å². The maximum Gasteiger partial charge on any atom is 0.323 e. The Labute approximate surface area is 122 Å². The van der Waals surface area contributed by atoms with Crippen LogP contribution in [-0.2, 0) is 11.3 Å². The Kier molecular flexibility index (Phi) is 3.55. The van der Waals surface area contributed by atoms with Gasteiger partial charge in [0.25, 0.3) is 0 Å². The second kappa shape index (κ2) is 5.37. The molecule has 0 amide bonds. The number of furan rings is 1. The number of carboxylic acids is 1. The summed E-state index contributed by atoms with van der Waals surface area (Å²) in [5.74, 6) is 0.398. The normalized spacial score (nSPS) is 23.3. The van der Waals surface area contributed by atoms with Gasteiger partial charge in [0, 0.05) is 12.6 Å². The molecule has 112 valence electrons. The van der Waals surface area contributed by atoms with Crippen molar-refractivity contribution in [3.63, 3.8) is 0 Å². The van der Waals surface area contributed by atoms with Gasteiger partial charge in [-0.2, -0.15) is 0 Å². The van der Waals surface area contributed by atoms with Gasteiger partial charge in [0.1, 0.15) is 5.54 Å². The fourth-order valence-corrected chi connectivity index (χ4v) is 2.79. The summed E-state index contributed by atoms with van der Waals surface area (Å²) < 4.78 is 10.5. The number of rotatable bonds is 4. The maximum atomic E-state index is 11.6. The van der Waals surface area contributed by atoms with Gasteiger partial charge >= 0.3 is 5.97 Å². The quantitative estimate of drug-likeness (QED) is 0.932. The van der Waals surface area contributed by atoms with Crippen molar-refractivity contribution in [1.82, 2.24) is 10.1 Å². The Balaban J connectivity index is 1.78. The lowest BCUT2D eigenvalue weighted by molar-refractivity contribution is -0.153. The van der Waals surface area contributed by atoms with Crippen LogP contribution in [0.3, 0.4) is 0 Å². The maximum absolute atomic E-state index is 11.6. The van der Waals surface area contributed by atoms with Crippen molar-refractivity contribution in [2.24, 2.45) is 0 Å². The van der Waals surface area contributed by atoms with Crippen LogP contribution in [-0.4, -0.2) is 33.2 Å². The second-order valence-corrected chi connectivity index (χ2v) is 5.62. The molecule has 0 spiro atoms. The molecule has 1 fully saturated rings. The topological polar surface area (TPSA) is 79.7 Å². The average Bonchev–Trinajstić information content (AvgIpc) is 3.12. The minimum absolute atomic E-state index is 0.465. The van der Waals surface area contributed by atoms with Crippen LogP contribution in [0.2, 0.25) is 0 Å². The van der Waals surface area contributed by atoms with Gasteiger partial charge in [0.15, 0.2) is 5.76 Å². The largest absolute Gasteiger partial charge is 0.480 e. The zero-order valence-electron chi connectivity index (χ0n) is 11.9. The Morgan fingerprint density at radius 2 is 2.33 bits per heavy atom. The van der Waals surface area contributed by atoms with E-state index in [4.69, 9.17) is 8.94 Å². The van der Waals surface area contributed by atoms with Crippen LogP contribution < -0.4 is 0 Å². The lowest BCUT2D eigenvalue weighted by Crippen LogP contribution is -2.54. The van der Waals surface area contributed by atoms with E-state index in [0.29, 0.717) is 24.5 Å². The molecule has 1 saturated heterocycles. The average molecular weight is 290 g/mol. The van der Waals surface area contributed by atoms with E-state index in [0.717, 1.165) is 25.1 Å². The molecule has 0 aliphatic carbocycles. The number of piperidine rings is 1. The number of hydrogen-bond donors (Lipinski definition) is 1. The molecular weight excluding hydrogens is 272 g/mol. The van der Waals surface area contributed by atoms with Gasteiger partial charge < -0.3 is 14.0 Å². The molecule has 21 heavy (non-hydrogen) atoms. The lowest BCUT2D eigenvalue weighted by atomic mass is 9.88. The Hall–Kier alpha value is -2.08. The van der Waals surface area contributed by atoms with E-state index in [-0.39, 0.29) is 0 Å². The van der Waals surface area contributed by atoms with Gasteiger partial charge in [0.05, 0.1) is 12.0 Å². The monoisotopic (exact) mass is 290 g/mol. The summed E-state index contributed by atoms with van der Waals surface area (Å²) in [6.45, 7) is 3.00. The van der Waals surface area contributed by atoms with Gasteiger partial charge in [-0.1, -0.05) is 5.16 Å². The number of carbonyl (C=O) groups is 1. The van der Waals surface area contributed by atoms with Crippen LogP contribution in [0.15, 0.2) is 33.4 Å². The second-order valence-electron chi connectivity index (χ2n) is 5.62. The van der Waals surface area contributed by atoms with E-state index >= 15 is 0 Å². The summed E-state index contributed by atoms with van der Waals surface area (Å²) in [4.78, 5) is 13.5. The zero-order valence-corrected chi connectivity index (χ0v) is 11.9. The molecule has 1 atom stereocenters. The van der Waals surface area contributed by atoms with E-state index in [1.54, 1.807) is 31.4 Å². The molecule has 6 heteroatoms. The first-order valence-corrected chi connectivity index (χ1v) is 7.07. The number of carboxylic acid groups (broad SMARTS) is 1. The molecule has 3 heterocycles. The summed E-state index contributed by atoms with van der Waals surface area (Å²) in [5.41, 5.74) is -0.113. The number of hydrogen-bond acceptors (Lipinski definition) is 5. The van der Waals surface area contributed by atoms with Gasteiger partial charge in [-0.15, -0.1) is 0 Å². The third-order valence-corrected chi connectivity index (χ3v) is 4.18. The molecule has 3 rings (SSSR count). The molecule has 1 aliphatic rings. The zero-order chi connectivity index (χ0) is 14.9. The van der Waals surface area contributed by atoms with Crippen LogP contribution in [0.5, 0.6) is 0 Å². The highest BCUT2D eigenvalue weighted by Crippen LogP contribution is 2.30. The van der Waals surface area contributed by atoms with Gasteiger partial charge in [-0.05, 0) is 44.9 Å². The van der Waals surface area contributed by atoms with E-state index in [2.05, 4.69) is 5.16 Å². The fraction of sp³-hybridized carbons (Fsp3) is 0.467. The molecule has 0 saturated carbocycles. The third kappa shape index (κ3) is 2.58. The Bertz CT molecular complexity index is 619. The minimum atomic E-state index is -0.831. The van der Waals surface area contributed by atoms with Crippen molar-refractivity contribution in [3.05, 3.63) is 30.2 Å². The van der Waals surface area contributed by atoms with E-state index in [1.165, 1.54) is 0 Å². The number of aromatic nitrogens is 1. The molecular formula is C15H18N2O4. The van der Waals surface area contributed by atoms with Crippen molar-refractivity contribution in [1.29, 1.82) is 0 Å². The number of likely N-dealkylation sites (tertiary alicyclic amines) is 1. The van der Waals surface area contributed by atoms with Crippen LogP contribution in [0.1, 0.15) is 31.9 Å². The van der Waals surface area contributed by atoms with Crippen LogP contribution in [0, 0.1) is 0 Å². The minimum Gasteiger partial charge on any atom is -0.480 e. The number of nitrogens with zero attached hydrogens (tertiary/aromatic N) is 2. The first-order chi connectivity index (χ1) is 10.1. The Morgan fingerprint density at radius 1 is 1.48 bits per heavy atom. The first-order valence-electron chi connectivity index (χ1n) is 7.07. The van der Waals surface area contributed by atoms with Crippen molar-refractivity contribution in [2.75, 3.05) is 6.54 Å². The van der Waals surface area contributed by atoms with Crippen molar-refractivity contribution in [2.45, 2.75) is 38.3 Å². The standard InChI is InChI=1S/C15H18N2O4/c1-15(14(18)19)6-2-3-7-17(15)10-11-9-13(21-16-11)12-5-4-8-20-12/h4-5,8-9H,2-3,6-7,10H2,1H3,(H,18,19). The third-order valence-electron chi connectivity index (χ3n) is 4.18. The van der Waals surface area contributed by atoms with Crippen molar-refractivity contribution in [3.8, 4) is 11.5 Å². The van der Waals surface area contributed by atoms with E-state index in [1.807, 2.05) is 4.90 Å². The van der Waals surface area contributed by atoms with Crippen molar-refractivity contribution < 1.29 is 18.8 Å². The molecule has 6 nitrogen and oxygen atoms in total. The molecule has 2 aromatic heterocycles. The molecule has 0 aromatic carbocycles. The Morgan fingerprint density at radius 3 is 3.05 bits per heavy atom. The molecule has 2 aromatic rings. The van der Waals surface area contributed by atoms with Gasteiger partial charge in [0.2, 0.25) is 5.76 Å². The van der Waals surface area contributed by atoms with Gasteiger partial charge in [-0.3, -0.25) is 9.69 Å². The highest BCUT2D eigenvalue weighted by molar-refractivity contribution is 5.78. The predicted molar refractivity (Wildman–Crippen MR) is 74.5 cm³/mol. The van der Waals surface area contributed by atoms with E-state index < -0.39 is 11.5 Å². The lowest BCUT2D eigenvalue weighted by Gasteiger charge is -2.41. The van der Waals surface area contributed by atoms with Crippen LogP contribution >= 0.6 is 0 Å². The first kappa shape index (κ1) is 13.9. The predicted octanol–water partition coefficient (Wildman–Crippen LogP) is 2.76. The molecule has 0 radical (unpaired) electrons. The van der Waals surface area contributed by atoms with Crippen molar-refractivity contribution >= 4 is 5.97 Å². The highest BCUT2D eigenvalue weighted by Gasteiger charge is 2.41.